The lowest BCUT2D eigenvalue weighted by atomic mass is 10.3. The van der Waals surface area contributed by atoms with E-state index in [-0.39, 0.29) is 28.5 Å². The summed E-state index contributed by atoms with van der Waals surface area (Å²) in [7, 11) is -2.17. The van der Waals surface area contributed by atoms with Crippen LogP contribution in [0.4, 0.5) is 0 Å². The van der Waals surface area contributed by atoms with Gasteiger partial charge in [-0.15, -0.1) is 0 Å². The molecule has 0 N–H and O–H groups in total. The molecule has 0 radical (unpaired) electrons. The maximum atomic E-state index is 11.9. The van der Waals surface area contributed by atoms with Crippen LogP contribution in [-0.2, 0) is 19.4 Å². The summed E-state index contributed by atoms with van der Waals surface area (Å²) in [6.45, 7) is 0. The Morgan fingerprint density at radius 3 is 2.59 bits per heavy atom. The van der Waals surface area contributed by atoms with Crippen molar-refractivity contribution in [3.8, 4) is 0 Å². The minimum Gasteiger partial charge on any atom is -0.469 e. The van der Waals surface area contributed by atoms with Crippen molar-refractivity contribution in [3.63, 3.8) is 0 Å². The molecule has 0 saturated carbocycles. The Morgan fingerprint density at radius 1 is 1.35 bits per heavy atom. The molecule has 0 aliphatic carbocycles. The number of hydrogen-bond donors (Lipinski definition) is 0. The quantitative estimate of drug-likeness (QED) is 0.773. The topological polar surface area (TPSA) is 60.4 Å². The van der Waals surface area contributed by atoms with E-state index in [1.54, 1.807) is 12.1 Å². The molecule has 4 nitrogen and oxygen atoms in total. The van der Waals surface area contributed by atoms with E-state index in [2.05, 4.69) is 4.74 Å². The second-order valence-corrected chi connectivity index (χ2v) is 5.91. The van der Waals surface area contributed by atoms with Crippen LogP contribution >= 0.6 is 11.6 Å². The van der Waals surface area contributed by atoms with Crippen LogP contribution in [0.25, 0.3) is 0 Å². The van der Waals surface area contributed by atoms with Crippen molar-refractivity contribution in [2.45, 2.75) is 17.7 Å². The molecule has 0 aliphatic heterocycles. The molecule has 94 valence electrons. The van der Waals surface area contributed by atoms with Gasteiger partial charge in [0, 0.05) is 6.42 Å². The summed E-state index contributed by atoms with van der Waals surface area (Å²) < 4.78 is 28.2. The fourth-order valence-electron chi connectivity index (χ4n) is 1.32. The van der Waals surface area contributed by atoms with Gasteiger partial charge in [-0.05, 0) is 18.6 Å². The Morgan fingerprint density at radius 2 is 2.00 bits per heavy atom. The van der Waals surface area contributed by atoms with Gasteiger partial charge in [0.05, 0.1) is 22.8 Å². The van der Waals surface area contributed by atoms with Crippen molar-refractivity contribution in [1.29, 1.82) is 0 Å². The maximum absolute atomic E-state index is 11.9. The van der Waals surface area contributed by atoms with E-state index in [9.17, 15) is 13.2 Å². The predicted octanol–water partition coefficient (Wildman–Crippen LogP) is 2.07. The van der Waals surface area contributed by atoms with E-state index >= 15 is 0 Å². The highest BCUT2D eigenvalue weighted by Gasteiger charge is 2.17. The molecule has 0 unspecified atom stereocenters. The molecule has 0 spiro atoms. The largest absolute Gasteiger partial charge is 0.469 e. The second-order valence-electron chi connectivity index (χ2n) is 3.43. The fourth-order valence-corrected chi connectivity index (χ4v) is 3.20. The van der Waals surface area contributed by atoms with Crippen molar-refractivity contribution >= 4 is 27.4 Å². The first kappa shape index (κ1) is 14.0. The molecule has 0 heterocycles. The highest BCUT2D eigenvalue weighted by molar-refractivity contribution is 7.91. The van der Waals surface area contributed by atoms with Crippen molar-refractivity contribution < 1.29 is 17.9 Å². The summed E-state index contributed by atoms with van der Waals surface area (Å²) >= 11 is 5.81. The maximum Gasteiger partial charge on any atom is 0.305 e. The monoisotopic (exact) mass is 276 g/mol. The lowest BCUT2D eigenvalue weighted by Gasteiger charge is -2.05. The highest BCUT2D eigenvalue weighted by Crippen LogP contribution is 2.22. The van der Waals surface area contributed by atoms with Gasteiger partial charge in [-0.1, -0.05) is 23.7 Å². The Bertz CT molecular complexity index is 496. The molecule has 17 heavy (non-hydrogen) atoms. The van der Waals surface area contributed by atoms with E-state index in [1.165, 1.54) is 19.2 Å². The molecule has 0 bridgehead atoms. The Kier molecular flexibility index (Phi) is 4.96. The number of methoxy groups -OCH3 is 1. The van der Waals surface area contributed by atoms with Crippen LogP contribution in [0.2, 0.25) is 5.02 Å². The first-order valence-electron chi connectivity index (χ1n) is 5.01. The van der Waals surface area contributed by atoms with Gasteiger partial charge in [0.2, 0.25) is 0 Å². The predicted molar refractivity (Wildman–Crippen MR) is 64.8 cm³/mol. The van der Waals surface area contributed by atoms with Gasteiger partial charge >= 0.3 is 5.97 Å². The number of carbonyl (C=O) groups excluding carboxylic acids is 1. The molecule has 0 aromatic heterocycles. The van der Waals surface area contributed by atoms with Gasteiger partial charge in [0.25, 0.3) is 0 Å². The van der Waals surface area contributed by atoms with Gasteiger partial charge < -0.3 is 4.74 Å². The van der Waals surface area contributed by atoms with E-state index < -0.39 is 15.8 Å². The molecule has 0 fully saturated rings. The molecule has 0 aliphatic rings. The zero-order valence-electron chi connectivity index (χ0n) is 9.35. The van der Waals surface area contributed by atoms with Gasteiger partial charge in [0.1, 0.15) is 0 Å². The summed E-state index contributed by atoms with van der Waals surface area (Å²) in [5, 5.41) is 0.200. The molecule has 1 aromatic carbocycles. The molecular weight excluding hydrogens is 264 g/mol. The smallest absolute Gasteiger partial charge is 0.305 e. The second kappa shape index (κ2) is 6.02. The number of hydrogen-bond acceptors (Lipinski definition) is 4. The summed E-state index contributed by atoms with van der Waals surface area (Å²) in [5.41, 5.74) is 0. The zero-order valence-corrected chi connectivity index (χ0v) is 10.9. The summed E-state index contributed by atoms with van der Waals surface area (Å²) in [6.07, 6.45) is 0.306. The lowest BCUT2D eigenvalue weighted by Crippen LogP contribution is -2.10. The number of ether oxygens (including phenoxy) is 1. The van der Waals surface area contributed by atoms with Crippen molar-refractivity contribution in [3.05, 3.63) is 29.3 Å². The molecule has 1 aromatic rings. The van der Waals surface area contributed by atoms with Gasteiger partial charge in [-0.25, -0.2) is 8.42 Å². The molecule has 0 atom stereocenters. The van der Waals surface area contributed by atoms with E-state index in [0.29, 0.717) is 0 Å². The SMILES string of the molecule is COC(=O)CCCS(=O)(=O)c1ccccc1Cl. The number of esters is 1. The van der Waals surface area contributed by atoms with E-state index in [0.717, 1.165) is 0 Å². The number of carbonyl (C=O) groups is 1. The summed E-state index contributed by atoms with van der Waals surface area (Å²) in [4.78, 5) is 11.0. The number of rotatable bonds is 5. The molecule has 6 heteroatoms. The van der Waals surface area contributed by atoms with Crippen molar-refractivity contribution in [2.75, 3.05) is 12.9 Å². The number of benzene rings is 1. The van der Waals surface area contributed by atoms with E-state index in [1.807, 2.05) is 0 Å². The third-order valence-corrected chi connectivity index (χ3v) is 4.49. The van der Waals surface area contributed by atoms with Gasteiger partial charge in [-0.2, -0.15) is 0 Å². The van der Waals surface area contributed by atoms with Crippen LogP contribution in [0, 0.1) is 0 Å². The zero-order chi connectivity index (χ0) is 12.9. The van der Waals surface area contributed by atoms with Crippen LogP contribution in [-0.4, -0.2) is 27.2 Å². The standard InChI is InChI=1S/C11H13ClO4S/c1-16-11(13)7-4-8-17(14,15)10-6-3-2-5-9(10)12/h2-3,5-6H,4,7-8H2,1H3. The van der Waals surface area contributed by atoms with Crippen LogP contribution in [0.5, 0.6) is 0 Å². The van der Waals surface area contributed by atoms with Crippen molar-refractivity contribution in [1.82, 2.24) is 0 Å². The lowest BCUT2D eigenvalue weighted by molar-refractivity contribution is -0.140. The van der Waals surface area contributed by atoms with E-state index in [4.69, 9.17) is 11.6 Å². The number of halogens is 1. The van der Waals surface area contributed by atoms with Crippen LogP contribution < -0.4 is 0 Å². The Labute approximate surface area is 105 Å². The Balaban J connectivity index is 2.70. The minimum absolute atomic E-state index is 0.0835. The third kappa shape index (κ3) is 4.02. The number of sulfone groups is 1. The first-order chi connectivity index (χ1) is 7.97. The molecule has 0 amide bonds. The Hall–Kier alpha value is -1.07. The van der Waals surface area contributed by atoms with Crippen LogP contribution in [0.1, 0.15) is 12.8 Å². The van der Waals surface area contributed by atoms with Crippen LogP contribution in [0.15, 0.2) is 29.2 Å². The van der Waals surface area contributed by atoms with Gasteiger partial charge in [0.15, 0.2) is 9.84 Å². The average molecular weight is 277 g/mol. The van der Waals surface area contributed by atoms with Crippen LogP contribution in [0.3, 0.4) is 0 Å². The molecule has 0 saturated heterocycles. The highest BCUT2D eigenvalue weighted by atomic mass is 35.5. The van der Waals surface area contributed by atoms with Gasteiger partial charge in [-0.3, -0.25) is 4.79 Å². The third-order valence-electron chi connectivity index (χ3n) is 2.19. The summed E-state index contributed by atoms with van der Waals surface area (Å²) in [5.74, 6) is -0.536. The molecular formula is C11H13ClO4S. The van der Waals surface area contributed by atoms with Crippen molar-refractivity contribution in [2.24, 2.45) is 0 Å². The average Bonchev–Trinajstić information content (AvgIpc) is 2.28. The fraction of sp³-hybridized carbons (Fsp3) is 0.364. The minimum atomic E-state index is -3.43. The first-order valence-corrected chi connectivity index (χ1v) is 7.04. The normalized spacial score (nSPS) is 11.2. The molecule has 1 rings (SSSR count). The summed E-state index contributed by atoms with van der Waals surface area (Å²) in [6, 6.07) is 6.25.